The Hall–Kier alpha value is -0.740. The monoisotopic (exact) mass is 312 g/mol. The Kier molecular flexibility index (Phi) is 8.12. The van der Waals surface area contributed by atoms with Gasteiger partial charge in [-0.05, 0) is 36.8 Å². The molecule has 4 heteroatoms. The van der Waals surface area contributed by atoms with E-state index in [4.69, 9.17) is 0 Å². The molecule has 0 spiro atoms. The molecule has 0 aliphatic rings. The van der Waals surface area contributed by atoms with Gasteiger partial charge in [0.15, 0.2) is 0 Å². The summed E-state index contributed by atoms with van der Waals surface area (Å²) in [7, 11) is 2.01. The third-order valence-electron chi connectivity index (χ3n) is 3.67. The van der Waals surface area contributed by atoms with Crippen LogP contribution in [0.15, 0.2) is 18.2 Å². The minimum atomic E-state index is -0.124. The summed E-state index contributed by atoms with van der Waals surface area (Å²) < 4.78 is 14.3. The van der Waals surface area contributed by atoms with E-state index in [0.717, 1.165) is 30.0 Å². The third-order valence-corrected chi connectivity index (χ3v) is 4.39. The molecule has 0 bridgehead atoms. The van der Waals surface area contributed by atoms with Crippen LogP contribution in [0.5, 0.6) is 0 Å². The Bertz CT molecular complexity index is 423. The highest BCUT2D eigenvalue weighted by atomic mass is 32.2. The number of thioether (sulfide) groups is 1. The van der Waals surface area contributed by atoms with E-state index in [1.807, 2.05) is 24.9 Å². The number of para-hydroxylation sites is 1. The Labute approximate surface area is 133 Å². The van der Waals surface area contributed by atoms with Crippen LogP contribution in [0.4, 0.5) is 10.1 Å². The molecular weight excluding hydrogens is 283 g/mol. The molecule has 0 aromatic heterocycles. The first-order valence-electron chi connectivity index (χ1n) is 7.71. The van der Waals surface area contributed by atoms with Gasteiger partial charge in [0, 0.05) is 25.4 Å². The molecule has 0 aliphatic carbocycles. The SMILES string of the molecule is CCC(CSC)N(C)c1c(F)cccc1CNCC(C)C. The van der Waals surface area contributed by atoms with E-state index in [2.05, 4.69) is 37.2 Å². The number of nitrogens with zero attached hydrogens (tertiary/aromatic N) is 1. The topological polar surface area (TPSA) is 15.3 Å². The molecule has 1 aromatic rings. The number of halogens is 1. The summed E-state index contributed by atoms with van der Waals surface area (Å²) in [6, 6.07) is 5.74. The van der Waals surface area contributed by atoms with Crippen LogP contribution in [-0.4, -0.2) is 31.6 Å². The number of benzene rings is 1. The van der Waals surface area contributed by atoms with Gasteiger partial charge >= 0.3 is 0 Å². The Morgan fingerprint density at radius 1 is 1.33 bits per heavy atom. The Morgan fingerprint density at radius 2 is 2.05 bits per heavy atom. The molecule has 1 N–H and O–H groups in total. The maximum Gasteiger partial charge on any atom is 0.146 e. The molecule has 1 rings (SSSR count). The molecule has 1 aromatic carbocycles. The molecule has 120 valence electrons. The average Bonchev–Trinajstić information content (AvgIpc) is 2.44. The summed E-state index contributed by atoms with van der Waals surface area (Å²) >= 11 is 1.81. The second kappa shape index (κ2) is 9.31. The van der Waals surface area contributed by atoms with E-state index in [1.54, 1.807) is 12.1 Å². The first-order chi connectivity index (χ1) is 10.0. The lowest BCUT2D eigenvalue weighted by molar-refractivity contribution is 0.547. The minimum Gasteiger partial charge on any atom is -0.368 e. The summed E-state index contributed by atoms with van der Waals surface area (Å²) in [6.07, 6.45) is 3.12. The van der Waals surface area contributed by atoms with Crippen molar-refractivity contribution in [1.82, 2.24) is 5.32 Å². The van der Waals surface area contributed by atoms with Crippen molar-refractivity contribution in [3.05, 3.63) is 29.6 Å². The predicted molar refractivity (Wildman–Crippen MR) is 93.8 cm³/mol. The highest BCUT2D eigenvalue weighted by Crippen LogP contribution is 2.27. The lowest BCUT2D eigenvalue weighted by atomic mass is 10.1. The number of hydrogen-bond acceptors (Lipinski definition) is 3. The number of nitrogens with one attached hydrogen (secondary N) is 1. The van der Waals surface area contributed by atoms with Crippen molar-refractivity contribution in [1.29, 1.82) is 0 Å². The Balaban J connectivity index is 2.92. The maximum absolute atomic E-state index is 14.3. The lowest BCUT2D eigenvalue weighted by Crippen LogP contribution is -2.35. The van der Waals surface area contributed by atoms with Gasteiger partial charge in [0.05, 0.1) is 5.69 Å². The van der Waals surface area contributed by atoms with E-state index < -0.39 is 0 Å². The van der Waals surface area contributed by atoms with E-state index in [-0.39, 0.29) is 5.82 Å². The van der Waals surface area contributed by atoms with Crippen LogP contribution in [0, 0.1) is 11.7 Å². The number of rotatable bonds is 9. The molecule has 0 fully saturated rings. The molecule has 0 heterocycles. The highest BCUT2D eigenvalue weighted by Gasteiger charge is 2.19. The molecule has 21 heavy (non-hydrogen) atoms. The molecule has 1 atom stereocenters. The van der Waals surface area contributed by atoms with Crippen molar-refractivity contribution in [2.24, 2.45) is 5.92 Å². The lowest BCUT2D eigenvalue weighted by Gasteiger charge is -2.31. The van der Waals surface area contributed by atoms with Crippen molar-refractivity contribution in [3.8, 4) is 0 Å². The fourth-order valence-electron chi connectivity index (χ4n) is 2.47. The second-order valence-electron chi connectivity index (χ2n) is 5.90. The molecule has 1 unspecified atom stereocenters. The first-order valence-corrected chi connectivity index (χ1v) is 9.10. The summed E-state index contributed by atoms with van der Waals surface area (Å²) in [6.45, 7) is 8.18. The van der Waals surface area contributed by atoms with E-state index in [9.17, 15) is 4.39 Å². The van der Waals surface area contributed by atoms with Crippen LogP contribution < -0.4 is 10.2 Å². The minimum absolute atomic E-state index is 0.124. The molecular formula is C17H29FN2S. The van der Waals surface area contributed by atoms with Crippen LogP contribution in [0.1, 0.15) is 32.8 Å². The molecule has 2 nitrogen and oxygen atoms in total. The van der Waals surface area contributed by atoms with Gasteiger partial charge in [-0.1, -0.05) is 32.9 Å². The standard InChI is InChI=1S/C17H29FN2S/c1-6-15(12-21-5)20(4)17-14(8-7-9-16(17)18)11-19-10-13(2)3/h7-9,13,15,19H,6,10-12H2,1-5H3. The van der Waals surface area contributed by atoms with Gasteiger partial charge in [-0.2, -0.15) is 11.8 Å². The van der Waals surface area contributed by atoms with Crippen LogP contribution in [-0.2, 0) is 6.54 Å². The van der Waals surface area contributed by atoms with Gasteiger partial charge in [-0.25, -0.2) is 4.39 Å². The second-order valence-corrected chi connectivity index (χ2v) is 6.81. The van der Waals surface area contributed by atoms with Crippen LogP contribution >= 0.6 is 11.8 Å². The van der Waals surface area contributed by atoms with Gasteiger partial charge in [-0.3, -0.25) is 0 Å². The van der Waals surface area contributed by atoms with Gasteiger partial charge in [0.1, 0.15) is 5.82 Å². The zero-order chi connectivity index (χ0) is 15.8. The van der Waals surface area contributed by atoms with Gasteiger partial charge in [0.25, 0.3) is 0 Å². The predicted octanol–water partition coefficient (Wildman–Crippen LogP) is 4.15. The largest absolute Gasteiger partial charge is 0.368 e. The summed E-state index contributed by atoms with van der Waals surface area (Å²) in [4.78, 5) is 2.11. The third kappa shape index (κ3) is 5.51. The van der Waals surface area contributed by atoms with Gasteiger partial charge < -0.3 is 10.2 Å². The van der Waals surface area contributed by atoms with Crippen LogP contribution in [0.25, 0.3) is 0 Å². The van der Waals surface area contributed by atoms with Gasteiger partial charge in [-0.15, -0.1) is 0 Å². The van der Waals surface area contributed by atoms with E-state index in [0.29, 0.717) is 18.5 Å². The zero-order valence-corrected chi connectivity index (χ0v) is 14.8. The zero-order valence-electron chi connectivity index (χ0n) is 13.9. The molecule has 0 amide bonds. The summed E-state index contributed by atoms with van der Waals surface area (Å²) in [5.41, 5.74) is 1.78. The fraction of sp³-hybridized carbons (Fsp3) is 0.647. The number of anilines is 1. The summed E-state index contributed by atoms with van der Waals surface area (Å²) in [5, 5.41) is 3.41. The maximum atomic E-state index is 14.3. The van der Waals surface area contributed by atoms with Crippen LogP contribution in [0.2, 0.25) is 0 Å². The normalized spacial score (nSPS) is 12.7. The molecule has 0 aliphatic heterocycles. The van der Waals surface area contributed by atoms with Crippen molar-refractivity contribution in [3.63, 3.8) is 0 Å². The number of hydrogen-bond donors (Lipinski definition) is 1. The first kappa shape index (κ1) is 18.3. The molecule has 0 saturated heterocycles. The smallest absolute Gasteiger partial charge is 0.146 e. The molecule has 0 radical (unpaired) electrons. The van der Waals surface area contributed by atoms with E-state index >= 15 is 0 Å². The van der Waals surface area contributed by atoms with Crippen molar-refractivity contribution in [2.75, 3.05) is 30.5 Å². The van der Waals surface area contributed by atoms with E-state index in [1.165, 1.54) is 0 Å². The highest BCUT2D eigenvalue weighted by molar-refractivity contribution is 7.98. The van der Waals surface area contributed by atoms with Gasteiger partial charge in [0.2, 0.25) is 0 Å². The molecule has 0 saturated carbocycles. The average molecular weight is 312 g/mol. The fourth-order valence-corrected chi connectivity index (χ4v) is 3.32. The van der Waals surface area contributed by atoms with Crippen LogP contribution in [0.3, 0.4) is 0 Å². The van der Waals surface area contributed by atoms with Crippen molar-refractivity contribution >= 4 is 17.4 Å². The quantitative estimate of drug-likeness (QED) is 0.737. The Morgan fingerprint density at radius 3 is 2.62 bits per heavy atom. The van der Waals surface area contributed by atoms with Crippen molar-refractivity contribution in [2.45, 2.75) is 39.8 Å². The van der Waals surface area contributed by atoms with Crippen molar-refractivity contribution < 1.29 is 4.39 Å². The summed E-state index contributed by atoms with van der Waals surface area (Å²) in [5.74, 6) is 1.49.